The summed E-state index contributed by atoms with van der Waals surface area (Å²) in [6.45, 7) is 4.31. The van der Waals surface area contributed by atoms with Gasteiger partial charge in [0.1, 0.15) is 23.7 Å². The molecule has 4 aromatic carbocycles. The number of hydrogen-bond donors (Lipinski definition) is 6. The van der Waals surface area contributed by atoms with E-state index in [1.807, 2.05) is 24.3 Å². The summed E-state index contributed by atoms with van der Waals surface area (Å²) < 4.78 is 27.1. The maximum atomic E-state index is 14.4. The largest absolute Gasteiger partial charge is 0.343 e. The van der Waals surface area contributed by atoms with Gasteiger partial charge in [-0.05, 0) is 174 Å². The Morgan fingerprint density at radius 3 is 1.22 bits per heavy atom. The quantitative estimate of drug-likeness (QED) is 0.0191. The fourth-order valence-corrected chi connectivity index (χ4v) is 11.1. The number of nitrogens with zero attached hydrogens (tertiary/aromatic N) is 4. The summed E-state index contributed by atoms with van der Waals surface area (Å²) in [6.07, 6.45) is 14.9. The zero-order valence-corrected chi connectivity index (χ0v) is 50.3. The van der Waals surface area contributed by atoms with Gasteiger partial charge in [0.25, 0.3) is 0 Å². The highest BCUT2D eigenvalue weighted by Gasteiger charge is 2.38. The van der Waals surface area contributed by atoms with Crippen LogP contribution in [0.5, 0.6) is 0 Å². The van der Waals surface area contributed by atoms with E-state index in [4.69, 9.17) is 0 Å². The van der Waals surface area contributed by atoms with Crippen LogP contribution in [0, 0.1) is 11.6 Å². The van der Waals surface area contributed by atoms with Crippen molar-refractivity contribution in [2.24, 2.45) is 0 Å². The first-order valence-corrected chi connectivity index (χ1v) is 30.3. The second-order valence-electron chi connectivity index (χ2n) is 22.7. The molecule has 8 rings (SSSR count). The van der Waals surface area contributed by atoms with Crippen LogP contribution < -0.4 is 31.9 Å². The molecule has 2 saturated heterocycles. The van der Waals surface area contributed by atoms with Crippen molar-refractivity contribution in [2.75, 3.05) is 37.8 Å². The highest BCUT2D eigenvalue weighted by molar-refractivity contribution is 6.09. The topological polar surface area (TPSA) is 241 Å². The van der Waals surface area contributed by atoms with Gasteiger partial charge in [0, 0.05) is 97.2 Å². The van der Waals surface area contributed by atoms with Crippen molar-refractivity contribution in [2.45, 2.75) is 140 Å². The van der Waals surface area contributed by atoms with Crippen molar-refractivity contribution in [3.05, 3.63) is 190 Å². The number of anilines is 2. The molecule has 6 unspecified atom stereocenters. The van der Waals surface area contributed by atoms with Crippen LogP contribution in [0.2, 0.25) is 0 Å². The highest BCUT2D eigenvalue weighted by Crippen LogP contribution is 2.35. The molecule has 4 heterocycles. The number of hydrogen-bond acceptors (Lipinski definition) is 12. The molecule has 88 heavy (non-hydrogen) atoms. The van der Waals surface area contributed by atoms with Crippen LogP contribution in [0.4, 0.5) is 20.2 Å². The number of ketones is 2. The van der Waals surface area contributed by atoms with E-state index in [9.17, 15) is 47.1 Å². The summed E-state index contributed by atoms with van der Waals surface area (Å²) in [6, 6.07) is 24.8. The van der Waals surface area contributed by atoms with Gasteiger partial charge in [-0.1, -0.05) is 49.9 Å². The number of halogens is 2. The van der Waals surface area contributed by atoms with Crippen molar-refractivity contribution < 1.29 is 47.1 Å². The maximum Gasteiger partial charge on any atom is 0.246 e. The third-order valence-corrected chi connectivity index (χ3v) is 16.4. The summed E-state index contributed by atoms with van der Waals surface area (Å²) in [7, 11) is 3.33. The van der Waals surface area contributed by atoms with Gasteiger partial charge in [0.2, 0.25) is 35.4 Å². The number of likely N-dealkylation sites (N-methyl/N-ethyl adjacent to an activating group) is 2. The molecule has 6 atom stereocenters. The van der Waals surface area contributed by atoms with E-state index in [2.05, 4.69) is 41.9 Å². The minimum absolute atomic E-state index is 0.121. The Bertz CT molecular complexity index is 3180. The number of rotatable bonds is 29. The lowest BCUT2D eigenvalue weighted by Crippen LogP contribution is -2.53. The fraction of sp³-hybridized carbons (Fsp3) is 0.382. The number of pyridine rings is 2. The van der Waals surface area contributed by atoms with E-state index in [0.717, 1.165) is 36.8 Å². The Morgan fingerprint density at radius 1 is 0.489 bits per heavy atom. The first kappa shape index (κ1) is 65.1. The predicted molar refractivity (Wildman–Crippen MR) is 331 cm³/mol. The normalized spacial score (nSPS) is 16.0. The molecule has 20 heteroatoms. The van der Waals surface area contributed by atoms with Gasteiger partial charge in [0.05, 0.1) is 24.2 Å². The molecular weight excluding hydrogens is 1120 g/mol. The highest BCUT2D eigenvalue weighted by atomic mass is 19.1. The lowest BCUT2D eigenvalue weighted by molar-refractivity contribution is -0.137. The Labute approximate surface area is 512 Å². The van der Waals surface area contributed by atoms with Crippen molar-refractivity contribution in [1.82, 2.24) is 41.0 Å². The Morgan fingerprint density at radius 2 is 0.852 bits per heavy atom. The third kappa shape index (κ3) is 17.9. The Kier molecular flexibility index (Phi) is 23.4. The zero-order chi connectivity index (χ0) is 62.7. The monoisotopic (exact) mass is 1200 g/mol. The number of aromatic nitrogens is 2. The predicted octanol–water partition coefficient (Wildman–Crippen LogP) is 8.91. The van der Waals surface area contributed by atoms with Gasteiger partial charge in [-0.25, -0.2) is 8.78 Å². The molecule has 2 aliphatic rings. The van der Waals surface area contributed by atoms with Gasteiger partial charge in [-0.2, -0.15) is 0 Å². The van der Waals surface area contributed by atoms with Gasteiger partial charge < -0.3 is 41.7 Å². The second kappa shape index (κ2) is 31.7. The lowest BCUT2D eigenvalue weighted by Gasteiger charge is -2.30. The van der Waals surface area contributed by atoms with Gasteiger partial charge in [-0.3, -0.25) is 48.3 Å². The smallest absolute Gasteiger partial charge is 0.246 e. The first-order chi connectivity index (χ1) is 42.5. The zero-order valence-electron chi connectivity index (χ0n) is 50.3. The molecule has 0 radical (unpaired) electrons. The van der Waals surface area contributed by atoms with Crippen LogP contribution in [0.3, 0.4) is 0 Å². The first-order valence-electron chi connectivity index (χ1n) is 30.3. The number of likely N-dealkylation sites (tertiary alicyclic amines) is 2. The van der Waals surface area contributed by atoms with Gasteiger partial charge in [0.15, 0.2) is 11.6 Å². The van der Waals surface area contributed by atoms with Crippen LogP contribution in [0.15, 0.2) is 134 Å². The summed E-state index contributed by atoms with van der Waals surface area (Å²) in [4.78, 5) is 120. The molecule has 2 aromatic heterocycles. The van der Waals surface area contributed by atoms with Crippen molar-refractivity contribution >= 4 is 58.4 Å². The molecule has 6 N–H and O–H groups in total. The number of unbranched alkanes of at least 4 members (excludes halogenated alkanes) is 5. The summed E-state index contributed by atoms with van der Waals surface area (Å²) in [5.74, 6) is -2.98. The van der Waals surface area contributed by atoms with E-state index in [0.29, 0.717) is 109 Å². The molecule has 2 aliphatic heterocycles. The average molecular weight is 1200 g/mol. The SMILES string of the molecule is CNC(C)C(=O)NC(Cc1ccc(NC(=O)CCCCCCCCC(=O)Nc2ccc(CC(NC(=O)C(C)NC)C(=O)N3CCCC3c3cncc(C(=O)c4ccc(F)cc4)c3)cc2)cc1)C(=O)N1CCCC1c1cncc(C(=O)c2ccc(F)cc2)c1. The molecule has 0 spiro atoms. The van der Waals surface area contributed by atoms with Gasteiger partial charge in [-0.15, -0.1) is 0 Å². The van der Waals surface area contributed by atoms with Gasteiger partial charge >= 0.3 is 0 Å². The van der Waals surface area contributed by atoms with E-state index in [1.54, 1.807) is 86.5 Å². The van der Waals surface area contributed by atoms with Crippen LogP contribution >= 0.6 is 0 Å². The second-order valence-corrected chi connectivity index (χ2v) is 22.7. The lowest BCUT2D eigenvalue weighted by atomic mass is 9.99. The molecule has 462 valence electrons. The number of carbonyl (C=O) groups is 8. The molecule has 2 fully saturated rings. The standard InChI is InChI=1S/C68H78F2N10O8/c1-43(71-3)65(85)77-57(67(87)79-33-11-13-59(79)49-37-51(41-73-39-49)63(83)47-21-25-53(69)26-22-47)35-45-17-29-55(30-18-45)75-61(81)15-9-7-5-6-8-10-16-62(82)76-56-31-19-46(20-32-56)36-58(78-66(86)44(2)72-4)68(88)80-34-12-14-60(80)50-38-52(42-74-40-50)64(84)48-23-27-54(70)28-24-48/h17-32,37-44,57-60,71-72H,5-16,33-36H2,1-4H3,(H,75,81)(H,76,82)(H,77,85)(H,78,86). The number of benzene rings is 4. The molecule has 0 aliphatic carbocycles. The van der Waals surface area contributed by atoms with Crippen molar-refractivity contribution in [1.29, 1.82) is 0 Å². The van der Waals surface area contributed by atoms with E-state index >= 15 is 0 Å². The maximum absolute atomic E-state index is 14.4. The average Bonchev–Trinajstić information content (AvgIpc) is 3.69. The van der Waals surface area contributed by atoms with Crippen LogP contribution in [0.25, 0.3) is 0 Å². The van der Waals surface area contributed by atoms with Crippen LogP contribution in [0.1, 0.15) is 157 Å². The fourth-order valence-electron chi connectivity index (χ4n) is 11.1. The molecule has 0 bridgehead atoms. The number of nitrogens with one attached hydrogen (secondary N) is 6. The minimum Gasteiger partial charge on any atom is -0.343 e. The molecule has 0 saturated carbocycles. The van der Waals surface area contributed by atoms with Crippen molar-refractivity contribution in [3.8, 4) is 0 Å². The summed E-state index contributed by atoms with van der Waals surface area (Å²) in [5.41, 5.74) is 5.42. The molecule has 6 amide bonds. The van der Waals surface area contributed by atoms with Crippen molar-refractivity contribution in [3.63, 3.8) is 0 Å². The van der Waals surface area contributed by atoms with E-state index < -0.39 is 35.8 Å². The Hall–Kier alpha value is -8.88. The van der Waals surface area contributed by atoms with E-state index in [1.165, 1.54) is 60.9 Å². The van der Waals surface area contributed by atoms with E-state index in [-0.39, 0.29) is 71.9 Å². The molecule has 6 aromatic rings. The summed E-state index contributed by atoms with van der Waals surface area (Å²) in [5, 5.41) is 17.7. The number of carbonyl (C=O) groups excluding carboxylic acids is 8. The number of amides is 6. The molecular formula is C68H78F2N10O8. The summed E-state index contributed by atoms with van der Waals surface area (Å²) >= 11 is 0. The van der Waals surface area contributed by atoms with Crippen LogP contribution in [-0.2, 0) is 41.6 Å². The molecule has 18 nitrogen and oxygen atoms in total. The van der Waals surface area contributed by atoms with Crippen LogP contribution in [-0.4, -0.2) is 118 Å². The minimum atomic E-state index is -0.906. The Balaban J connectivity index is 0.749. The third-order valence-electron chi connectivity index (χ3n) is 16.4.